The Morgan fingerprint density at radius 2 is 1.83 bits per heavy atom. The lowest BCUT2D eigenvalue weighted by atomic mass is 10.1. The highest BCUT2D eigenvalue weighted by Crippen LogP contribution is 2.25. The molecule has 1 saturated heterocycles. The average Bonchev–Trinajstić information content (AvgIpc) is 3.34. The third-order valence-corrected chi connectivity index (χ3v) is 7.58. The van der Waals surface area contributed by atoms with E-state index in [0.29, 0.717) is 36.1 Å². The molecule has 5 rings (SSSR count). The Bertz CT molecular complexity index is 1460. The van der Waals surface area contributed by atoms with E-state index in [9.17, 15) is 9.59 Å². The van der Waals surface area contributed by atoms with Crippen molar-refractivity contribution in [3.8, 4) is 11.4 Å². The van der Waals surface area contributed by atoms with Crippen molar-refractivity contribution in [2.45, 2.75) is 6.54 Å². The van der Waals surface area contributed by atoms with Crippen molar-refractivity contribution in [2.75, 3.05) is 26.2 Å². The molecule has 2 heterocycles. The molecule has 1 aromatic heterocycles. The van der Waals surface area contributed by atoms with E-state index in [1.165, 1.54) is 4.90 Å². The molecule has 0 N–H and O–H groups in total. The van der Waals surface area contributed by atoms with Gasteiger partial charge in [-0.15, -0.1) is 5.10 Å². The fourth-order valence-electron chi connectivity index (χ4n) is 3.93. The standard InChI is InChI=1S/C25H20Br2ClN5O3/c26-18-3-1-17-10-21(5-2-16(17)9-18)36-15-25(35)32-8-7-31(24(34)14-32)12-19-13-33(30-29-19)20-4-6-23(28)22(27)11-20/h1-6,9-11,13H,7-8,12,14-15H2. The Hall–Kier alpha value is -2.95. The first kappa shape index (κ1) is 24.7. The fraction of sp³-hybridized carbons (Fsp3) is 0.200. The van der Waals surface area contributed by atoms with Crippen molar-refractivity contribution < 1.29 is 14.3 Å². The third-order valence-electron chi connectivity index (χ3n) is 5.87. The van der Waals surface area contributed by atoms with E-state index in [1.807, 2.05) is 48.5 Å². The number of fused-ring (bicyclic) bond motifs is 1. The number of amides is 2. The minimum Gasteiger partial charge on any atom is -0.484 e. The minimum atomic E-state index is -0.224. The normalized spacial score (nSPS) is 13.9. The summed E-state index contributed by atoms with van der Waals surface area (Å²) in [7, 11) is 0. The Morgan fingerprint density at radius 1 is 1.03 bits per heavy atom. The summed E-state index contributed by atoms with van der Waals surface area (Å²) in [6.45, 7) is 1.04. The van der Waals surface area contributed by atoms with Crippen LogP contribution in [-0.2, 0) is 16.1 Å². The number of aromatic nitrogens is 3. The number of hydrogen-bond donors (Lipinski definition) is 0. The molecule has 0 radical (unpaired) electrons. The summed E-state index contributed by atoms with van der Waals surface area (Å²) in [5.41, 5.74) is 1.45. The third kappa shape index (κ3) is 5.55. The lowest BCUT2D eigenvalue weighted by molar-refractivity contribution is -0.146. The predicted octanol–water partition coefficient (Wildman–Crippen LogP) is 4.85. The van der Waals surface area contributed by atoms with Gasteiger partial charge in [0.05, 0.1) is 30.0 Å². The topological polar surface area (TPSA) is 80.6 Å². The Morgan fingerprint density at radius 3 is 2.64 bits per heavy atom. The summed E-state index contributed by atoms with van der Waals surface area (Å²) in [4.78, 5) is 28.6. The van der Waals surface area contributed by atoms with Crippen molar-refractivity contribution in [1.82, 2.24) is 24.8 Å². The number of hydrogen-bond acceptors (Lipinski definition) is 5. The van der Waals surface area contributed by atoms with E-state index < -0.39 is 0 Å². The van der Waals surface area contributed by atoms with Crippen molar-refractivity contribution in [1.29, 1.82) is 0 Å². The number of rotatable bonds is 6. The van der Waals surface area contributed by atoms with Gasteiger partial charge in [0.1, 0.15) is 11.4 Å². The summed E-state index contributed by atoms with van der Waals surface area (Å²) in [6, 6.07) is 17.1. The van der Waals surface area contributed by atoms with Gasteiger partial charge in [-0.3, -0.25) is 9.59 Å². The first-order valence-corrected chi connectivity index (χ1v) is 13.1. The van der Waals surface area contributed by atoms with Gasteiger partial charge in [0.25, 0.3) is 5.91 Å². The second-order valence-corrected chi connectivity index (χ2v) is 10.5. The van der Waals surface area contributed by atoms with Crippen LogP contribution in [0.4, 0.5) is 0 Å². The van der Waals surface area contributed by atoms with Gasteiger partial charge < -0.3 is 14.5 Å². The molecular formula is C25H20Br2ClN5O3. The van der Waals surface area contributed by atoms with E-state index in [-0.39, 0.29) is 25.0 Å². The lowest BCUT2D eigenvalue weighted by Crippen LogP contribution is -2.52. The van der Waals surface area contributed by atoms with Gasteiger partial charge in [0.2, 0.25) is 5.91 Å². The number of ether oxygens (including phenoxy) is 1. The van der Waals surface area contributed by atoms with Crippen LogP contribution in [0.3, 0.4) is 0 Å². The van der Waals surface area contributed by atoms with Gasteiger partial charge in [-0.2, -0.15) is 0 Å². The van der Waals surface area contributed by atoms with Crippen molar-refractivity contribution in [2.24, 2.45) is 0 Å². The van der Waals surface area contributed by atoms with Gasteiger partial charge in [-0.25, -0.2) is 4.68 Å². The molecule has 0 saturated carbocycles. The van der Waals surface area contributed by atoms with E-state index in [2.05, 4.69) is 42.2 Å². The molecule has 0 aliphatic carbocycles. The van der Waals surface area contributed by atoms with Crippen LogP contribution in [0.15, 0.2) is 69.7 Å². The number of nitrogens with zero attached hydrogens (tertiary/aromatic N) is 5. The predicted molar refractivity (Wildman–Crippen MR) is 143 cm³/mol. The van der Waals surface area contributed by atoms with Gasteiger partial charge in [0, 0.05) is 22.0 Å². The Balaban J connectivity index is 1.14. The molecule has 0 bridgehead atoms. The zero-order chi connectivity index (χ0) is 25.2. The Labute approximate surface area is 229 Å². The average molecular weight is 634 g/mol. The first-order valence-electron chi connectivity index (χ1n) is 11.1. The number of piperazine rings is 1. The molecule has 1 aliphatic heterocycles. The quantitative estimate of drug-likeness (QED) is 0.304. The molecule has 11 heteroatoms. The fourth-order valence-corrected chi connectivity index (χ4v) is 4.79. The highest BCUT2D eigenvalue weighted by Gasteiger charge is 2.28. The monoisotopic (exact) mass is 631 g/mol. The van der Waals surface area contributed by atoms with E-state index in [0.717, 1.165) is 25.4 Å². The molecule has 184 valence electrons. The molecule has 36 heavy (non-hydrogen) atoms. The Kier molecular flexibility index (Phi) is 7.27. The number of benzene rings is 3. The molecule has 1 aliphatic rings. The zero-order valence-electron chi connectivity index (χ0n) is 18.9. The van der Waals surface area contributed by atoms with Crippen LogP contribution >= 0.6 is 43.5 Å². The van der Waals surface area contributed by atoms with Crippen molar-refractivity contribution in [3.05, 3.63) is 80.5 Å². The van der Waals surface area contributed by atoms with E-state index >= 15 is 0 Å². The van der Waals surface area contributed by atoms with E-state index in [4.69, 9.17) is 16.3 Å². The second-order valence-electron chi connectivity index (χ2n) is 8.33. The van der Waals surface area contributed by atoms with Crippen molar-refractivity contribution >= 4 is 66.0 Å². The molecule has 0 unspecified atom stereocenters. The molecule has 0 atom stereocenters. The minimum absolute atomic E-state index is 0.00616. The molecule has 2 amide bonds. The second kappa shape index (κ2) is 10.6. The van der Waals surface area contributed by atoms with Gasteiger partial charge in [0.15, 0.2) is 6.61 Å². The lowest BCUT2D eigenvalue weighted by Gasteiger charge is -2.33. The molecule has 4 aromatic rings. The van der Waals surface area contributed by atoms with Crippen molar-refractivity contribution in [3.63, 3.8) is 0 Å². The molecular weight excluding hydrogens is 614 g/mol. The van der Waals surface area contributed by atoms with Gasteiger partial charge in [-0.1, -0.05) is 44.9 Å². The maximum Gasteiger partial charge on any atom is 0.261 e. The van der Waals surface area contributed by atoms with Crippen LogP contribution in [0.5, 0.6) is 5.75 Å². The highest BCUT2D eigenvalue weighted by molar-refractivity contribution is 9.10. The van der Waals surface area contributed by atoms with Crippen LogP contribution in [0, 0.1) is 0 Å². The molecule has 1 fully saturated rings. The summed E-state index contributed by atoms with van der Waals surface area (Å²) in [5, 5.41) is 11.0. The number of carbonyl (C=O) groups excluding carboxylic acids is 2. The first-order chi connectivity index (χ1) is 17.4. The summed E-state index contributed by atoms with van der Waals surface area (Å²) >= 11 is 12.9. The van der Waals surface area contributed by atoms with Crippen LogP contribution in [0.2, 0.25) is 5.02 Å². The largest absolute Gasteiger partial charge is 0.484 e. The molecule has 3 aromatic carbocycles. The van der Waals surface area contributed by atoms with Crippen LogP contribution in [-0.4, -0.2) is 62.8 Å². The maximum atomic E-state index is 12.7. The van der Waals surface area contributed by atoms with E-state index in [1.54, 1.807) is 21.8 Å². The van der Waals surface area contributed by atoms with Crippen LogP contribution in [0.25, 0.3) is 16.5 Å². The smallest absolute Gasteiger partial charge is 0.261 e. The number of carbonyl (C=O) groups is 2. The highest BCUT2D eigenvalue weighted by atomic mass is 79.9. The maximum absolute atomic E-state index is 12.7. The van der Waals surface area contributed by atoms with Gasteiger partial charge >= 0.3 is 0 Å². The van der Waals surface area contributed by atoms with Gasteiger partial charge in [-0.05, 0) is 69.2 Å². The number of halogens is 3. The summed E-state index contributed by atoms with van der Waals surface area (Å²) in [6.07, 6.45) is 1.77. The van der Waals surface area contributed by atoms with Crippen LogP contribution < -0.4 is 4.74 Å². The van der Waals surface area contributed by atoms with Crippen LogP contribution in [0.1, 0.15) is 5.69 Å². The SMILES string of the molecule is O=C(COc1ccc2cc(Br)ccc2c1)N1CCN(Cc2cn(-c3ccc(Cl)c(Br)c3)nn2)C(=O)C1. The summed E-state index contributed by atoms with van der Waals surface area (Å²) < 4.78 is 9.10. The molecule has 0 spiro atoms. The molecule has 8 nitrogen and oxygen atoms in total. The zero-order valence-corrected chi connectivity index (χ0v) is 22.8. The summed E-state index contributed by atoms with van der Waals surface area (Å²) in [5.74, 6) is 0.242.